The first-order valence-electron chi connectivity index (χ1n) is 3.10. The summed E-state index contributed by atoms with van der Waals surface area (Å²) < 4.78 is 1.64. The maximum absolute atomic E-state index is 8.56. The third-order valence-electron chi connectivity index (χ3n) is 1.41. The lowest BCUT2D eigenvalue weighted by Gasteiger charge is -1.89. The van der Waals surface area contributed by atoms with Gasteiger partial charge in [0.25, 0.3) is 0 Å². The van der Waals surface area contributed by atoms with Crippen molar-refractivity contribution in [1.29, 1.82) is 5.26 Å². The van der Waals surface area contributed by atoms with Crippen LogP contribution >= 0.6 is 0 Å². The van der Waals surface area contributed by atoms with Gasteiger partial charge in [-0.05, 0) is 6.07 Å². The summed E-state index contributed by atoms with van der Waals surface area (Å²) in [5.41, 5.74) is 0.698. The Morgan fingerprint density at radius 3 is 3.18 bits per heavy atom. The Morgan fingerprint density at radius 2 is 2.36 bits per heavy atom. The fourth-order valence-electron chi connectivity index (χ4n) is 0.921. The Morgan fingerprint density at radius 1 is 1.45 bits per heavy atom. The van der Waals surface area contributed by atoms with E-state index in [-0.39, 0.29) is 0 Å². The molecule has 0 saturated carbocycles. The molecule has 0 aliphatic rings. The first-order valence-corrected chi connectivity index (χ1v) is 3.10. The summed E-state index contributed by atoms with van der Waals surface area (Å²) in [7, 11) is 0. The Hall–Kier alpha value is -1.89. The van der Waals surface area contributed by atoms with Crippen molar-refractivity contribution in [3.05, 3.63) is 30.5 Å². The number of hydrogen-bond acceptors (Lipinski definition) is 3. The summed E-state index contributed by atoms with van der Waals surface area (Å²) in [6, 6.07) is 3.72. The molecule has 0 atom stereocenters. The number of nitriles is 1. The molecule has 2 rings (SSSR count). The lowest BCUT2D eigenvalue weighted by molar-refractivity contribution is 1.07. The highest BCUT2D eigenvalue weighted by Gasteiger charge is 1.99. The van der Waals surface area contributed by atoms with E-state index in [0.29, 0.717) is 11.5 Å². The molecular weight excluding hydrogens is 140 g/mol. The molecule has 0 bridgehead atoms. The number of fused-ring (bicyclic) bond motifs is 1. The minimum Gasteiger partial charge on any atom is -0.276 e. The normalized spacial score (nSPS) is 9.73. The third-order valence-corrected chi connectivity index (χ3v) is 1.41. The molecular formula is C7H4N4. The zero-order chi connectivity index (χ0) is 7.68. The van der Waals surface area contributed by atoms with Crippen LogP contribution in [0.5, 0.6) is 0 Å². The fraction of sp³-hybridized carbons (Fsp3) is 0. The molecule has 52 valence electrons. The molecule has 0 aromatic carbocycles. The molecule has 0 fully saturated rings. The molecule has 0 saturated heterocycles. The average molecular weight is 144 g/mol. The summed E-state index contributed by atoms with van der Waals surface area (Å²) in [5.74, 6) is 0.369. The average Bonchev–Trinajstić information content (AvgIpc) is 2.47. The van der Waals surface area contributed by atoms with Crippen LogP contribution in [0.4, 0.5) is 0 Å². The van der Waals surface area contributed by atoms with Gasteiger partial charge in [0.05, 0.1) is 6.20 Å². The number of aromatic nitrogens is 3. The zero-order valence-electron chi connectivity index (χ0n) is 5.60. The van der Waals surface area contributed by atoms with Crippen molar-refractivity contribution in [1.82, 2.24) is 14.4 Å². The largest absolute Gasteiger partial charge is 0.276 e. The molecule has 11 heavy (non-hydrogen) atoms. The molecule has 2 aromatic heterocycles. The summed E-state index contributed by atoms with van der Waals surface area (Å²) >= 11 is 0. The smallest absolute Gasteiger partial charge is 0.218 e. The summed E-state index contributed by atoms with van der Waals surface area (Å²) in [5, 5.41) is 8.56. The first-order chi connectivity index (χ1) is 5.42. The molecule has 0 aliphatic carbocycles. The molecule has 0 unspecified atom stereocenters. The third kappa shape index (κ3) is 0.749. The van der Waals surface area contributed by atoms with E-state index in [2.05, 4.69) is 9.97 Å². The molecule has 0 N–H and O–H groups in total. The van der Waals surface area contributed by atoms with Crippen LogP contribution in [-0.2, 0) is 0 Å². The summed E-state index contributed by atoms with van der Waals surface area (Å²) in [4.78, 5) is 7.85. The van der Waals surface area contributed by atoms with E-state index in [1.807, 2.05) is 6.07 Å². The van der Waals surface area contributed by atoms with Crippen molar-refractivity contribution >= 4 is 5.65 Å². The van der Waals surface area contributed by atoms with Crippen molar-refractivity contribution in [2.45, 2.75) is 0 Å². The molecule has 4 heteroatoms. The Bertz CT molecular complexity index is 423. The van der Waals surface area contributed by atoms with Crippen molar-refractivity contribution in [3.8, 4) is 6.07 Å². The minimum atomic E-state index is 0.369. The SMILES string of the molecule is N#Cc1ncc2ncccn12. The molecule has 0 aliphatic heterocycles. The van der Waals surface area contributed by atoms with Crippen LogP contribution in [0.15, 0.2) is 24.7 Å². The lowest BCUT2D eigenvalue weighted by Crippen LogP contribution is -1.88. The van der Waals surface area contributed by atoms with Crippen molar-refractivity contribution in [2.75, 3.05) is 0 Å². The molecule has 0 spiro atoms. The van der Waals surface area contributed by atoms with Gasteiger partial charge in [-0.2, -0.15) is 5.26 Å². The van der Waals surface area contributed by atoms with Gasteiger partial charge in [0.2, 0.25) is 5.82 Å². The van der Waals surface area contributed by atoms with Gasteiger partial charge in [-0.3, -0.25) is 4.40 Å². The van der Waals surface area contributed by atoms with Gasteiger partial charge in [-0.15, -0.1) is 0 Å². The van der Waals surface area contributed by atoms with E-state index in [1.54, 1.807) is 29.1 Å². The van der Waals surface area contributed by atoms with E-state index in [9.17, 15) is 0 Å². The second kappa shape index (κ2) is 2.06. The molecule has 4 nitrogen and oxygen atoms in total. The topological polar surface area (TPSA) is 54.0 Å². The zero-order valence-corrected chi connectivity index (χ0v) is 5.60. The van der Waals surface area contributed by atoms with Crippen LogP contribution in [0.1, 0.15) is 5.82 Å². The quantitative estimate of drug-likeness (QED) is 0.544. The van der Waals surface area contributed by atoms with E-state index in [4.69, 9.17) is 5.26 Å². The maximum atomic E-state index is 8.56. The highest BCUT2D eigenvalue weighted by Crippen LogP contribution is 2.00. The highest BCUT2D eigenvalue weighted by molar-refractivity contribution is 5.38. The van der Waals surface area contributed by atoms with E-state index in [0.717, 1.165) is 0 Å². The van der Waals surface area contributed by atoms with E-state index in [1.165, 1.54) is 0 Å². The van der Waals surface area contributed by atoms with Gasteiger partial charge in [0.1, 0.15) is 6.07 Å². The molecule has 2 aromatic rings. The van der Waals surface area contributed by atoms with Gasteiger partial charge in [-0.25, -0.2) is 9.97 Å². The van der Waals surface area contributed by atoms with Gasteiger partial charge in [-0.1, -0.05) is 0 Å². The molecule has 0 amide bonds. The Labute approximate surface area is 62.7 Å². The number of hydrogen-bond donors (Lipinski definition) is 0. The monoisotopic (exact) mass is 144 g/mol. The van der Waals surface area contributed by atoms with Crippen LogP contribution < -0.4 is 0 Å². The van der Waals surface area contributed by atoms with Crippen molar-refractivity contribution in [3.63, 3.8) is 0 Å². The van der Waals surface area contributed by atoms with Gasteiger partial charge in [0.15, 0.2) is 5.65 Å². The standard InChI is InChI=1S/C7H4N4/c8-4-6-10-5-7-9-2-1-3-11(6)7/h1-3,5H. The van der Waals surface area contributed by atoms with Gasteiger partial charge in [0, 0.05) is 12.4 Å². The van der Waals surface area contributed by atoms with Gasteiger partial charge >= 0.3 is 0 Å². The maximum Gasteiger partial charge on any atom is 0.218 e. The molecule has 0 radical (unpaired) electrons. The summed E-state index contributed by atoms with van der Waals surface area (Å²) in [6.07, 6.45) is 4.99. The fourth-order valence-corrected chi connectivity index (χ4v) is 0.921. The van der Waals surface area contributed by atoms with Crippen LogP contribution in [-0.4, -0.2) is 14.4 Å². The predicted molar refractivity (Wildman–Crippen MR) is 37.7 cm³/mol. The van der Waals surface area contributed by atoms with Crippen LogP contribution in [0.3, 0.4) is 0 Å². The van der Waals surface area contributed by atoms with Crippen LogP contribution in [0.25, 0.3) is 5.65 Å². The van der Waals surface area contributed by atoms with Crippen molar-refractivity contribution in [2.24, 2.45) is 0 Å². The minimum absolute atomic E-state index is 0.369. The summed E-state index contributed by atoms with van der Waals surface area (Å²) in [6.45, 7) is 0. The Balaban J connectivity index is 2.89. The van der Waals surface area contributed by atoms with Crippen LogP contribution in [0, 0.1) is 11.3 Å². The van der Waals surface area contributed by atoms with Crippen molar-refractivity contribution < 1.29 is 0 Å². The lowest BCUT2D eigenvalue weighted by atomic mass is 10.6. The number of nitrogens with zero attached hydrogens (tertiary/aromatic N) is 4. The van der Waals surface area contributed by atoms with E-state index >= 15 is 0 Å². The van der Waals surface area contributed by atoms with Gasteiger partial charge < -0.3 is 0 Å². The number of rotatable bonds is 0. The Kier molecular flexibility index (Phi) is 1.10. The molecule has 2 heterocycles. The first kappa shape index (κ1) is 5.86. The van der Waals surface area contributed by atoms with Crippen LogP contribution in [0.2, 0.25) is 0 Å². The highest BCUT2D eigenvalue weighted by atomic mass is 15.1. The predicted octanol–water partition coefficient (Wildman–Crippen LogP) is 0.601. The van der Waals surface area contributed by atoms with E-state index < -0.39 is 0 Å². The number of imidazole rings is 1. The second-order valence-electron chi connectivity index (χ2n) is 2.04. The second-order valence-corrected chi connectivity index (χ2v) is 2.04.